The first kappa shape index (κ1) is 19.1. The lowest BCUT2D eigenvalue weighted by molar-refractivity contribution is -0.136. The summed E-state index contributed by atoms with van der Waals surface area (Å²) in [6.45, 7) is 4.02. The smallest absolute Gasteiger partial charge is 0.313 e. The zero-order valence-electron chi connectivity index (χ0n) is 14.8. The number of carbonyl (C=O) groups is 3. The Morgan fingerprint density at radius 2 is 1.73 bits per heavy atom. The molecular weight excluding hydrogens is 332 g/mol. The normalized spacial score (nSPS) is 10.3. The van der Waals surface area contributed by atoms with E-state index in [1.807, 2.05) is 13.8 Å². The average Bonchev–Trinajstić information content (AvgIpc) is 2.61. The summed E-state index contributed by atoms with van der Waals surface area (Å²) in [6, 6.07) is 10.4. The number of hydrogen-bond donors (Lipinski definition) is 3. The molecule has 0 bridgehead atoms. The van der Waals surface area contributed by atoms with Crippen LogP contribution in [0.3, 0.4) is 0 Å². The molecule has 7 heteroatoms. The van der Waals surface area contributed by atoms with Crippen LogP contribution in [0.1, 0.15) is 25.0 Å². The summed E-state index contributed by atoms with van der Waals surface area (Å²) >= 11 is 0. The first-order valence-electron chi connectivity index (χ1n) is 8.30. The van der Waals surface area contributed by atoms with Crippen molar-refractivity contribution in [3.8, 4) is 0 Å². The third kappa shape index (κ3) is 6.35. The fraction of sp³-hybridized carbons (Fsp3) is 0.263. The highest BCUT2D eigenvalue weighted by Gasteiger charge is 2.13. The van der Waals surface area contributed by atoms with Gasteiger partial charge in [-0.1, -0.05) is 18.2 Å². The van der Waals surface area contributed by atoms with Crippen molar-refractivity contribution in [2.24, 2.45) is 0 Å². The molecule has 0 fully saturated rings. The Hall–Kier alpha value is -3.22. The van der Waals surface area contributed by atoms with Crippen LogP contribution >= 0.6 is 0 Å². The van der Waals surface area contributed by atoms with Gasteiger partial charge in [0.05, 0.1) is 6.42 Å². The van der Waals surface area contributed by atoms with Gasteiger partial charge in [0.25, 0.3) is 0 Å². The van der Waals surface area contributed by atoms with Crippen molar-refractivity contribution in [3.05, 3.63) is 59.9 Å². The van der Waals surface area contributed by atoms with Gasteiger partial charge in [-0.25, -0.2) is 0 Å². The molecule has 136 valence electrons. The predicted molar refractivity (Wildman–Crippen MR) is 98.1 cm³/mol. The van der Waals surface area contributed by atoms with E-state index in [1.54, 1.807) is 48.8 Å². The molecule has 1 heterocycles. The molecule has 0 aliphatic heterocycles. The Morgan fingerprint density at radius 3 is 2.35 bits per heavy atom. The quantitative estimate of drug-likeness (QED) is 0.683. The molecule has 2 rings (SSSR count). The fourth-order valence-corrected chi connectivity index (χ4v) is 2.22. The number of nitrogens with zero attached hydrogens (tertiary/aromatic N) is 1. The fourth-order valence-electron chi connectivity index (χ4n) is 2.22. The maximum atomic E-state index is 11.9. The van der Waals surface area contributed by atoms with Crippen molar-refractivity contribution in [2.75, 3.05) is 5.32 Å². The topological polar surface area (TPSA) is 100 Å². The highest BCUT2D eigenvalue weighted by molar-refractivity contribution is 6.39. The van der Waals surface area contributed by atoms with Gasteiger partial charge in [0, 0.05) is 30.7 Å². The van der Waals surface area contributed by atoms with Gasteiger partial charge in [-0.15, -0.1) is 0 Å². The van der Waals surface area contributed by atoms with Gasteiger partial charge in [0.1, 0.15) is 0 Å². The second-order valence-corrected chi connectivity index (χ2v) is 6.09. The number of carbonyl (C=O) groups excluding carboxylic acids is 3. The van der Waals surface area contributed by atoms with Crippen LogP contribution in [0.4, 0.5) is 5.69 Å². The van der Waals surface area contributed by atoms with Crippen molar-refractivity contribution in [2.45, 2.75) is 32.9 Å². The van der Waals surface area contributed by atoms with E-state index in [-0.39, 0.29) is 24.9 Å². The SMILES string of the molecule is CC(C)NC(=O)Cc1ccc(NC(=O)C(=O)NCc2cccnc2)cc1. The molecule has 0 radical (unpaired) electrons. The third-order valence-electron chi connectivity index (χ3n) is 3.41. The van der Waals surface area contributed by atoms with Crippen molar-refractivity contribution in [3.63, 3.8) is 0 Å². The zero-order chi connectivity index (χ0) is 18.9. The van der Waals surface area contributed by atoms with Crippen LogP contribution in [0.5, 0.6) is 0 Å². The number of nitrogens with one attached hydrogen (secondary N) is 3. The number of benzene rings is 1. The molecule has 3 amide bonds. The van der Waals surface area contributed by atoms with E-state index in [2.05, 4.69) is 20.9 Å². The molecule has 0 aliphatic rings. The predicted octanol–water partition coefficient (Wildman–Crippen LogP) is 1.40. The Labute approximate surface area is 152 Å². The number of aromatic nitrogens is 1. The second kappa shape index (κ2) is 9.31. The molecule has 0 spiro atoms. The maximum absolute atomic E-state index is 11.9. The standard InChI is InChI=1S/C19H22N4O3/c1-13(2)22-17(24)10-14-5-7-16(8-6-14)23-19(26)18(25)21-12-15-4-3-9-20-11-15/h3-9,11,13H,10,12H2,1-2H3,(H,21,25)(H,22,24)(H,23,26). The summed E-state index contributed by atoms with van der Waals surface area (Å²) in [7, 11) is 0. The molecule has 0 atom stereocenters. The Bertz CT molecular complexity index is 758. The van der Waals surface area contributed by atoms with E-state index in [0.717, 1.165) is 11.1 Å². The summed E-state index contributed by atoms with van der Waals surface area (Å²) in [6.07, 6.45) is 3.51. The largest absolute Gasteiger partial charge is 0.354 e. The van der Waals surface area contributed by atoms with E-state index in [4.69, 9.17) is 0 Å². The van der Waals surface area contributed by atoms with Crippen LogP contribution in [0.2, 0.25) is 0 Å². The first-order chi connectivity index (χ1) is 12.4. The van der Waals surface area contributed by atoms with Crippen LogP contribution in [0, 0.1) is 0 Å². The lowest BCUT2D eigenvalue weighted by atomic mass is 10.1. The molecule has 1 aromatic carbocycles. The van der Waals surface area contributed by atoms with Gasteiger partial charge in [-0.2, -0.15) is 0 Å². The first-order valence-corrected chi connectivity index (χ1v) is 8.30. The Balaban J connectivity index is 1.82. The average molecular weight is 354 g/mol. The molecule has 2 aromatic rings. The highest BCUT2D eigenvalue weighted by atomic mass is 16.2. The van der Waals surface area contributed by atoms with E-state index < -0.39 is 11.8 Å². The molecule has 1 aromatic heterocycles. The van der Waals surface area contributed by atoms with Crippen LogP contribution in [0.25, 0.3) is 0 Å². The van der Waals surface area contributed by atoms with Crippen molar-refractivity contribution in [1.29, 1.82) is 0 Å². The lowest BCUT2D eigenvalue weighted by Gasteiger charge is -2.09. The summed E-state index contributed by atoms with van der Waals surface area (Å²) in [5.74, 6) is -1.54. The van der Waals surface area contributed by atoms with E-state index in [0.29, 0.717) is 5.69 Å². The van der Waals surface area contributed by atoms with Gasteiger partial charge in [0.2, 0.25) is 5.91 Å². The van der Waals surface area contributed by atoms with Crippen molar-refractivity contribution < 1.29 is 14.4 Å². The van der Waals surface area contributed by atoms with E-state index in [1.165, 1.54) is 0 Å². The zero-order valence-corrected chi connectivity index (χ0v) is 14.8. The molecule has 0 unspecified atom stereocenters. The number of anilines is 1. The van der Waals surface area contributed by atoms with Crippen LogP contribution < -0.4 is 16.0 Å². The van der Waals surface area contributed by atoms with E-state index >= 15 is 0 Å². The van der Waals surface area contributed by atoms with Crippen molar-refractivity contribution in [1.82, 2.24) is 15.6 Å². The molecule has 0 saturated heterocycles. The summed E-state index contributed by atoms with van der Waals surface area (Å²) in [5.41, 5.74) is 2.11. The van der Waals surface area contributed by atoms with Gasteiger partial charge in [-0.3, -0.25) is 19.4 Å². The minimum absolute atomic E-state index is 0.0634. The molecule has 26 heavy (non-hydrogen) atoms. The number of pyridine rings is 1. The van der Waals surface area contributed by atoms with Gasteiger partial charge in [0.15, 0.2) is 0 Å². The van der Waals surface area contributed by atoms with Gasteiger partial charge < -0.3 is 16.0 Å². The van der Waals surface area contributed by atoms with Crippen molar-refractivity contribution >= 4 is 23.4 Å². The van der Waals surface area contributed by atoms with E-state index in [9.17, 15) is 14.4 Å². The van der Waals surface area contributed by atoms with Gasteiger partial charge in [-0.05, 0) is 43.2 Å². The maximum Gasteiger partial charge on any atom is 0.313 e. The minimum Gasteiger partial charge on any atom is -0.354 e. The Kier molecular flexibility index (Phi) is 6.84. The van der Waals surface area contributed by atoms with Gasteiger partial charge >= 0.3 is 11.8 Å². The molecule has 0 aliphatic carbocycles. The summed E-state index contributed by atoms with van der Waals surface area (Å²) in [4.78, 5) is 39.4. The minimum atomic E-state index is -0.751. The molecule has 7 nitrogen and oxygen atoms in total. The van der Waals surface area contributed by atoms with Crippen LogP contribution in [-0.2, 0) is 27.3 Å². The number of hydrogen-bond acceptors (Lipinski definition) is 4. The number of rotatable bonds is 6. The van der Waals surface area contributed by atoms with Crippen LogP contribution in [-0.4, -0.2) is 28.7 Å². The highest BCUT2D eigenvalue weighted by Crippen LogP contribution is 2.10. The third-order valence-corrected chi connectivity index (χ3v) is 3.41. The summed E-state index contributed by atoms with van der Waals surface area (Å²) < 4.78 is 0. The molecule has 3 N–H and O–H groups in total. The Morgan fingerprint density at radius 1 is 1.00 bits per heavy atom. The molecule has 0 saturated carbocycles. The second-order valence-electron chi connectivity index (χ2n) is 6.09. The van der Waals surface area contributed by atoms with Crippen LogP contribution in [0.15, 0.2) is 48.8 Å². The molecular formula is C19H22N4O3. The summed E-state index contributed by atoms with van der Waals surface area (Å²) in [5, 5.41) is 7.87. The monoisotopic (exact) mass is 354 g/mol. The lowest BCUT2D eigenvalue weighted by Crippen LogP contribution is -2.35. The number of amides is 3.